The molecule has 1 aliphatic carbocycles. The highest BCUT2D eigenvalue weighted by atomic mass is 16.5. The summed E-state index contributed by atoms with van der Waals surface area (Å²) in [5.41, 5.74) is 0. The van der Waals surface area contributed by atoms with Crippen molar-refractivity contribution in [3.05, 3.63) is 0 Å². The summed E-state index contributed by atoms with van der Waals surface area (Å²) in [4.78, 5) is 11.3. The summed E-state index contributed by atoms with van der Waals surface area (Å²) in [5, 5.41) is 0. The number of rotatable bonds is 7. The lowest BCUT2D eigenvalue weighted by atomic mass is 10.4. The van der Waals surface area contributed by atoms with Crippen molar-refractivity contribution in [3.8, 4) is 0 Å². The van der Waals surface area contributed by atoms with E-state index in [0.717, 1.165) is 38.2 Å². The average molecular weight is 256 g/mol. The lowest BCUT2D eigenvalue weighted by Gasteiger charge is -2.24. The zero-order valence-electron chi connectivity index (χ0n) is 12.5. The van der Waals surface area contributed by atoms with Gasteiger partial charge in [0.05, 0.1) is 13.2 Å². The van der Waals surface area contributed by atoms with Gasteiger partial charge in [-0.05, 0) is 12.8 Å². The molecule has 18 heavy (non-hydrogen) atoms. The van der Waals surface area contributed by atoms with Gasteiger partial charge in [0, 0.05) is 54.4 Å². The molecule has 0 spiro atoms. The van der Waals surface area contributed by atoms with Crippen molar-refractivity contribution in [2.24, 2.45) is 4.99 Å². The molecule has 1 rings (SSSR count). The molecule has 106 valence electrons. The van der Waals surface area contributed by atoms with Crippen molar-refractivity contribution >= 4 is 5.96 Å². The van der Waals surface area contributed by atoms with Gasteiger partial charge < -0.3 is 14.5 Å². The molecule has 0 unspecified atom stereocenters. The number of methoxy groups -OCH3 is 1. The molecule has 0 aromatic rings. The monoisotopic (exact) mass is 256 g/mol. The van der Waals surface area contributed by atoms with Crippen LogP contribution in [0.3, 0.4) is 0 Å². The summed E-state index contributed by atoms with van der Waals surface area (Å²) in [5.74, 6) is 1.03. The van der Waals surface area contributed by atoms with Gasteiger partial charge in [-0.25, -0.2) is 0 Å². The van der Waals surface area contributed by atoms with E-state index >= 15 is 0 Å². The van der Waals surface area contributed by atoms with Crippen LogP contribution in [0, 0.1) is 0 Å². The van der Waals surface area contributed by atoms with Crippen LogP contribution in [0.15, 0.2) is 4.99 Å². The maximum absolute atomic E-state index is 5.16. The number of guanidine groups is 1. The Morgan fingerprint density at radius 2 is 1.72 bits per heavy atom. The predicted molar refractivity (Wildman–Crippen MR) is 76.1 cm³/mol. The molecule has 1 aliphatic rings. The molecule has 0 aliphatic heterocycles. The van der Waals surface area contributed by atoms with E-state index in [9.17, 15) is 0 Å². The Balaban J connectivity index is 2.38. The van der Waals surface area contributed by atoms with E-state index in [-0.39, 0.29) is 0 Å². The highest BCUT2D eigenvalue weighted by Gasteiger charge is 2.28. The third kappa shape index (κ3) is 5.23. The van der Waals surface area contributed by atoms with E-state index in [4.69, 9.17) is 4.74 Å². The Hall–Kier alpha value is -0.810. The van der Waals surface area contributed by atoms with E-state index in [1.807, 2.05) is 28.2 Å². The molecule has 0 atom stereocenters. The lowest BCUT2D eigenvalue weighted by Crippen LogP contribution is -2.37. The van der Waals surface area contributed by atoms with Gasteiger partial charge in [0.1, 0.15) is 0 Å². The first-order chi connectivity index (χ1) is 8.56. The Morgan fingerprint density at radius 1 is 1.11 bits per heavy atom. The van der Waals surface area contributed by atoms with Crippen LogP contribution in [-0.4, -0.2) is 88.2 Å². The molecular formula is C13H28N4O. The van der Waals surface area contributed by atoms with Crippen molar-refractivity contribution in [1.29, 1.82) is 0 Å². The molecular weight excluding hydrogens is 228 g/mol. The van der Waals surface area contributed by atoms with Crippen molar-refractivity contribution in [2.75, 3.05) is 61.5 Å². The van der Waals surface area contributed by atoms with E-state index in [2.05, 4.69) is 19.7 Å². The zero-order valence-corrected chi connectivity index (χ0v) is 12.5. The van der Waals surface area contributed by atoms with Gasteiger partial charge in [-0.1, -0.05) is 0 Å². The molecule has 0 aromatic heterocycles. The Morgan fingerprint density at radius 3 is 2.17 bits per heavy atom. The molecule has 1 fully saturated rings. The minimum absolute atomic E-state index is 0.775. The van der Waals surface area contributed by atoms with Gasteiger partial charge in [0.15, 0.2) is 5.96 Å². The maximum Gasteiger partial charge on any atom is 0.195 e. The molecule has 0 radical (unpaired) electrons. The summed E-state index contributed by atoms with van der Waals surface area (Å²) < 4.78 is 5.16. The minimum Gasteiger partial charge on any atom is -0.383 e. The van der Waals surface area contributed by atoms with Gasteiger partial charge >= 0.3 is 0 Å². The number of aliphatic imine (C=N–C) groups is 1. The lowest BCUT2D eigenvalue weighted by molar-refractivity contribution is 0.145. The summed E-state index contributed by atoms with van der Waals surface area (Å²) in [6.07, 6.45) is 2.67. The summed E-state index contributed by atoms with van der Waals surface area (Å²) in [7, 11) is 9.88. The van der Waals surface area contributed by atoms with E-state index in [0.29, 0.717) is 0 Å². The third-order valence-electron chi connectivity index (χ3n) is 3.09. The fourth-order valence-corrected chi connectivity index (χ4v) is 2.09. The van der Waals surface area contributed by atoms with E-state index in [1.165, 1.54) is 12.8 Å². The first-order valence-electron chi connectivity index (χ1n) is 6.68. The fourth-order valence-electron chi connectivity index (χ4n) is 2.09. The molecule has 5 heteroatoms. The van der Waals surface area contributed by atoms with Crippen LogP contribution in [0.2, 0.25) is 0 Å². The van der Waals surface area contributed by atoms with Crippen molar-refractivity contribution < 1.29 is 4.74 Å². The van der Waals surface area contributed by atoms with Crippen LogP contribution in [0.4, 0.5) is 0 Å². The van der Waals surface area contributed by atoms with Crippen LogP contribution >= 0.6 is 0 Å². The smallest absolute Gasteiger partial charge is 0.195 e. The molecule has 0 aromatic carbocycles. The van der Waals surface area contributed by atoms with Crippen molar-refractivity contribution in [2.45, 2.75) is 18.9 Å². The number of hydrogen-bond donors (Lipinski definition) is 0. The first kappa shape index (κ1) is 15.2. The number of hydrogen-bond acceptors (Lipinski definition) is 3. The van der Waals surface area contributed by atoms with Crippen LogP contribution in [0.5, 0.6) is 0 Å². The maximum atomic E-state index is 5.16. The average Bonchev–Trinajstić information content (AvgIpc) is 3.11. The molecule has 0 heterocycles. The summed E-state index contributed by atoms with van der Waals surface area (Å²) in [6.45, 7) is 3.72. The molecule has 5 nitrogen and oxygen atoms in total. The predicted octanol–water partition coefficient (Wildman–Crippen LogP) is 0.576. The Bertz CT molecular complexity index is 252. The van der Waals surface area contributed by atoms with E-state index < -0.39 is 0 Å². The summed E-state index contributed by atoms with van der Waals surface area (Å²) in [6, 6.07) is 0.775. The van der Waals surface area contributed by atoms with Gasteiger partial charge in [-0.15, -0.1) is 0 Å². The topological polar surface area (TPSA) is 31.3 Å². The van der Waals surface area contributed by atoms with Crippen LogP contribution in [0.1, 0.15) is 12.8 Å². The molecule has 0 saturated heterocycles. The third-order valence-corrected chi connectivity index (χ3v) is 3.09. The van der Waals surface area contributed by atoms with Gasteiger partial charge in [-0.2, -0.15) is 0 Å². The molecule has 1 saturated carbocycles. The largest absolute Gasteiger partial charge is 0.383 e. The summed E-state index contributed by atoms with van der Waals surface area (Å²) >= 11 is 0. The van der Waals surface area contributed by atoms with Gasteiger partial charge in [-0.3, -0.25) is 9.89 Å². The van der Waals surface area contributed by atoms with Crippen LogP contribution < -0.4 is 0 Å². The standard InChI is InChI=1S/C13H28N4O/c1-15(2)13(16(3)4)14-8-9-17(10-11-18-5)12-6-7-12/h12H,6-11H2,1-5H3. The first-order valence-corrected chi connectivity index (χ1v) is 6.68. The highest BCUT2D eigenvalue weighted by Crippen LogP contribution is 2.26. The zero-order chi connectivity index (χ0) is 13.5. The number of nitrogens with zero attached hydrogens (tertiary/aromatic N) is 4. The normalized spacial score (nSPS) is 14.8. The second-order valence-corrected chi connectivity index (χ2v) is 5.23. The number of ether oxygens (including phenoxy) is 1. The highest BCUT2D eigenvalue weighted by molar-refractivity contribution is 5.79. The quantitative estimate of drug-likeness (QED) is 0.492. The molecule has 0 amide bonds. The van der Waals surface area contributed by atoms with Gasteiger partial charge in [0.25, 0.3) is 0 Å². The Kier molecular flexibility index (Phi) is 6.43. The second kappa shape index (κ2) is 7.59. The van der Waals surface area contributed by atoms with Crippen molar-refractivity contribution in [3.63, 3.8) is 0 Å². The fraction of sp³-hybridized carbons (Fsp3) is 0.923. The van der Waals surface area contributed by atoms with E-state index in [1.54, 1.807) is 7.11 Å². The van der Waals surface area contributed by atoms with Crippen LogP contribution in [0.25, 0.3) is 0 Å². The van der Waals surface area contributed by atoms with Gasteiger partial charge in [0.2, 0.25) is 0 Å². The molecule has 0 bridgehead atoms. The molecule has 0 N–H and O–H groups in total. The minimum atomic E-state index is 0.775. The van der Waals surface area contributed by atoms with Crippen LogP contribution in [-0.2, 0) is 4.74 Å². The Labute approximate surface area is 111 Å². The SMILES string of the molecule is COCCN(CCN=C(N(C)C)N(C)C)C1CC1. The van der Waals surface area contributed by atoms with Crippen molar-refractivity contribution in [1.82, 2.24) is 14.7 Å². The second-order valence-electron chi connectivity index (χ2n) is 5.23.